The third-order valence-electron chi connectivity index (χ3n) is 6.91. The minimum absolute atomic E-state index is 0.145. The fourth-order valence-electron chi connectivity index (χ4n) is 5.47. The van der Waals surface area contributed by atoms with E-state index in [-0.39, 0.29) is 11.5 Å². The van der Waals surface area contributed by atoms with Crippen LogP contribution in [-0.2, 0) is 5.41 Å². The second-order valence-electron chi connectivity index (χ2n) is 8.45. The van der Waals surface area contributed by atoms with Crippen LogP contribution in [0.5, 0.6) is 11.5 Å². The smallest absolute Gasteiger partial charge is 0.161 e. The predicted molar refractivity (Wildman–Crippen MR) is 103 cm³/mol. The zero-order valence-corrected chi connectivity index (χ0v) is 16.2. The molecule has 0 bridgehead atoms. The van der Waals surface area contributed by atoms with E-state index in [0.29, 0.717) is 18.8 Å². The summed E-state index contributed by atoms with van der Waals surface area (Å²) < 4.78 is 12.3. The summed E-state index contributed by atoms with van der Waals surface area (Å²) in [6, 6.07) is 7.03. The molecule has 26 heavy (non-hydrogen) atoms. The SMILES string of the molecule is CCOc1ccc([C@@]23CC[C@@H](O)C[C@@H]2N(C)CC3)cc1OC1CCCC1. The molecule has 4 heteroatoms. The number of benzene rings is 1. The van der Waals surface area contributed by atoms with Crippen LogP contribution in [0.2, 0.25) is 0 Å². The Morgan fingerprint density at radius 2 is 1.96 bits per heavy atom. The van der Waals surface area contributed by atoms with Crippen LogP contribution < -0.4 is 9.47 Å². The van der Waals surface area contributed by atoms with Crippen molar-refractivity contribution in [3.05, 3.63) is 23.8 Å². The van der Waals surface area contributed by atoms with Gasteiger partial charge in [-0.05, 0) is 89.6 Å². The highest BCUT2D eigenvalue weighted by atomic mass is 16.5. The van der Waals surface area contributed by atoms with Crippen LogP contribution >= 0.6 is 0 Å². The highest BCUT2D eigenvalue weighted by Crippen LogP contribution is 2.50. The lowest BCUT2D eigenvalue weighted by Crippen LogP contribution is -2.47. The van der Waals surface area contributed by atoms with E-state index >= 15 is 0 Å². The normalized spacial score (nSPS) is 32.6. The first kappa shape index (κ1) is 18.1. The first-order valence-corrected chi connectivity index (χ1v) is 10.4. The Balaban J connectivity index is 1.67. The molecule has 4 rings (SSSR count). The van der Waals surface area contributed by atoms with Gasteiger partial charge in [0, 0.05) is 11.5 Å². The number of ether oxygens (including phenoxy) is 2. The molecule has 1 aromatic carbocycles. The molecule has 3 atom stereocenters. The molecule has 1 heterocycles. The standard InChI is InChI=1S/C22H33NO3/c1-3-25-19-9-8-16(14-20(19)26-18-6-4-5-7-18)22-11-10-17(24)15-21(22)23(2)13-12-22/h8-9,14,17-18,21,24H,3-7,10-13,15H2,1-2H3/t17-,21+,22+/m1/s1. The van der Waals surface area contributed by atoms with Crippen molar-refractivity contribution in [3.8, 4) is 11.5 Å². The summed E-state index contributed by atoms with van der Waals surface area (Å²) in [6.45, 7) is 3.78. The first-order valence-electron chi connectivity index (χ1n) is 10.4. The van der Waals surface area contributed by atoms with Crippen LogP contribution in [0.25, 0.3) is 0 Å². The number of hydrogen-bond donors (Lipinski definition) is 1. The van der Waals surface area contributed by atoms with Gasteiger partial charge in [0.05, 0.1) is 18.8 Å². The zero-order valence-electron chi connectivity index (χ0n) is 16.2. The number of likely N-dealkylation sites (tertiary alicyclic amines) is 1. The molecule has 1 aromatic rings. The molecule has 0 unspecified atom stereocenters. The number of rotatable bonds is 5. The largest absolute Gasteiger partial charge is 0.490 e. The van der Waals surface area contributed by atoms with Gasteiger partial charge in [-0.3, -0.25) is 0 Å². The van der Waals surface area contributed by atoms with Gasteiger partial charge in [-0.1, -0.05) is 6.07 Å². The topological polar surface area (TPSA) is 41.9 Å². The van der Waals surface area contributed by atoms with E-state index in [1.54, 1.807) is 0 Å². The van der Waals surface area contributed by atoms with Crippen LogP contribution in [0.15, 0.2) is 18.2 Å². The zero-order chi connectivity index (χ0) is 18.1. The summed E-state index contributed by atoms with van der Waals surface area (Å²) in [7, 11) is 2.20. The maximum absolute atomic E-state index is 10.2. The molecule has 1 saturated heterocycles. The van der Waals surface area contributed by atoms with Gasteiger partial charge in [0.25, 0.3) is 0 Å². The van der Waals surface area contributed by atoms with Crippen LogP contribution in [0.1, 0.15) is 63.9 Å². The Hall–Kier alpha value is -1.26. The fourth-order valence-corrected chi connectivity index (χ4v) is 5.47. The summed E-state index contributed by atoms with van der Waals surface area (Å²) in [5, 5.41) is 10.2. The quantitative estimate of drug-likeness (QED) is 0.866. The number of aliphatic hydroxyl groups is 1. The predicted octanol–water partition coefficient (Wildman–Crippen LogP) is 3.89. The van der Waals surface area contributed by atoms with Crippen molar-refractivity contribution in [3.63, 3.8) is 0 Å². The Labute approximate surface area is 157 Å². The van der Waals surface area contributed by atoms with Crippen molar-refractivity contribution >= 4 is 0 Å². The minimum atomic E-state index is -0.161. The van der Waals surface area contributed by atoms with Gasteiger partial charge in [-0.2, -0.15) is 0 Å². The first-order chi connectivity index (χ1) is 12.6. The molecule has 3 fully saturated rings. The Morgan fingerprint density at radius 3 is 2.73 bits per heavy atom. The molecule has 0 aromatic heterocycles. The fraction of sp³-hybridized carbons (Fsp3) is 0.727. The maximum atomic E-state index is 10.2. The molecule has 0 amide bonds. The molecule has 1 N–H and O–H groups in total. The van der Waals surface area contributed by atoms with E-state index in [9.17, 15) is 5.11 Å². The molecule has 2 saturated carbocycles. The van der Waals surface area contributed by atoms with Crippen molar-refractivity contribution in [2.24, 2.45) is 0 Å². The number of aliphatic hydroxyl groups excluding tert-OH is 1. The molecule has 3 aliphatic rings. The number of hydrogen-bond acceptors (Lipinski definition) is 4. The number of nitrogens with zero attached hydrogens (tertiary/aromatic N) is 1. The molecular weight excluding hydrogens is 326 g/mol. The lowest BCUT2D eigenvalue weighted by atomic mass is 9.65. The summed E-state index contributed by atoms with van der Waals surface area (Å²) in [5.74, 6) is 1.79. The Morgan fingerprint density at radius 1 is 1.15 bits per heavy atom. The van der Waals surface area contributed by atoms with Crippen molar-refractivity contribution in [2.45, 2.75) is 82.0 Å². The summed E-state index contributed by atoms with van der Waals surface area (Å²) in [5.41, 5.74) is 1.52. The van der Waals surface area contributed by atoms with Gasteiger partial charge >= 0.3 is 0 Å². The van der Waals surface area contributed by atoms with Gasteiger partial charge < -0.3 is 19.5 Å². The monoisotopic (exact) mass is 359 g/mol. The average Bonchev–Trinajstić information content (AvgIpc) is 3.26. The third-order valence-corrected chi connectivity index (χ3v) is 6.91. The van der Waals surface area contributed by atoms with Gasteiger partial charge in [0.2, 0.25) is 0 Å². The molecule has 1 aliphatic heterocycles. The third kappa shape index (κ3) is 3.22. The molecule has 0 radical (unpaired) electrons. The van der Waals surface area contributed by atoms with E-state index in [4.69, 9.17) is 9.47 Å². The number of likely N-dealkylation sites (N-methyl/N-ethyl adjacent to an activating group) is 1. The summed E-state index contributed by atoms with van der Waals surface area (Å²) in [6.07, 6.45) is 9.00. The van der Waals surface area contributed by atoms with Crippen molar-refractivity contribution in [2.75, 3.05) is 20.2 Å². The molecule has 4 nitrogen and oxygen atoms in total. The number of fused-ring (bicyclic) bond motifs is 1. The van der Waals surface area contributed by atoms with Gasteiger partial charge in [0.1, 0.15) is 0 Å². The van der Waals surface area contributed by atoms with Gasteiger partial charge in [-0.15, -0.1) is 0 Å². The molecule has 144 valence electrons. The second kappa shape index (κ2) is 7.40. The average molecular weight is 360 g/mol. The maximum Gasteiger partial charge on any atom is 0.161 e. The van der Waals surface area contributed by atoms with Crippen LogP contribution in [0.3, 0.4) is 0 Å². The van der Waals surface area contributed by atoms with E-state index in [1.165, 1.54) is 18.4 Å². The molecular formula is C22H33NO3. The molecule has 2 aliphatic carbocycles. The van der Waals surface area contributed by atoms with Crippen molar-refractivity contribution < 1.29 is 14.6 Å². The van der Waals surface area contributed by atoms with E-state index in [2.05, 4.69) is 30.1 Å². The van der Waals surface area contributed by atoms with E-state index in [0.717, 1.165) is 56.6 Å². The van der Waals surface area contributed by atoms with Crippen LogP contribution in [0, 0.1) is 0 Å². The van der Waals surface area contributed by atoms with Gasteiger partial charge in [-0.25, -0.2) is 0 Å². The Kier molecular flexibility index (Phi) is 5.15. The van der Waals surface area contributed by atoms with Crippen LogP contribution in [0.4, 0.5) is 0 Å². The highest BCUT2D eigenvalue weighted by molar-refractivity contribution is 5.47. The lowest BCUT2D eigenvalue weighted by molar-refractivity contribution is 0.0565. The summed E-state index contributed by atoms with van der Waals surface area (Å²) in [4.78, 5) is 2.44. The summed E-state index contributed by atoms with van der Waals surface area (Å²) >= 11 is 0. The minimum Gasteiger partial charge on any atom is -0.490 e. The van der Waals surface area contributed by atoms with E-state index in [1.807, 2.05) is 6.92 Å². The lowest BCUT2D eigenvalue weighted by Gasteiger charge is -2.43. The van der Waals surface area contributed by atoms with Gasteiger partial charge in [0.15, 0.2) is 11.5 Å². The van der Waals surface area contributed by atoms with E-state index < -0.39 is 0 Å². The molecule has 0 spiro atoms. The second-order valence-corrected chi connectivity index (χ2v) is 8.45. The Bertz CT molecular complexity index is 628. The highest BCUT2D eigenvalue weighted by Gasteiger charge is 2.50. The van der Waals surface area contributed by atoms with Crippen molar-refractivity contribution in [1.82, 2.24) is 4.90 Å². The van der Waals surface area contributed by atoms with Crippen molar-refractivity contribution in [1.29, 1.82) is 0 Å². The van der Waals surface area contributed by atoms with Crippen LogP contribution in [-0.4, -0.2) is 48.5 Å².